The fourth-order valence-electron chi connectivity index (χ4n) is 4.36. The zero-order chi connectivity index (χ0) is 23.1. The number of fused-ring (bicyclic) bond motifs is 1. The summed E-state index contributed by atoms with van der Waals surface area (Å²) in [6.07, 6.45) is -1.02. The van der Waals surface area contributed by atoms with Crippen molar-refractivity contribution < 1.29 is 24.1 Å². The summed E-state index contributed by atoms with van der Waals surface area (Å²) in [5.41, 5.74) is 1.61. The topological polar surface area (TPSA) is 102 Å². The van der Waals surface area contributed by atoms with Crippen molar-refractivity contribution in [2.75, 3.05) is 17.1 Å². The molecule has 2 heterocycles. The van der Waals surface area contributed by atoms with Gasteiger partial charge in [-0.1, -0.05) is 30.3 Å². The third-order valence-electron chi connectivity index (χ3n) is 5.88. The number of hydroxylamine groups is 1. The van der Waals surface area contributed by atoms with Crippen molar-refractivity contribution in [2.45, 2.75) is 12.1 Å². The van der Waals surface area contributed by atoms with E-state index in [9.17, 15) is 19.7 Å². The molecule has 2 amide bonds. The van der Waals surface area contributed by atoms with Gasteiger partial charge in [-0.3, -0.25) is 24.5 Å². The van der Waals surface area contributed by atoms with Gasteiger partial charge in [0.15, 0.2) is 6.10 Å². The van der Waals surface area contributed by atoms with E-state index in [4.69, 9.17) is 9.57 Å². The first-order valence-corrected chi connectivity index (χ1v) is 10.3. The van der Waals surface area contributed by atoms with Crippen molar-refractivity contribution in [1.29, 1.82) is 0 Å². The highest BCUT2D eigenvalue weighted by atomic mass is 16.7. The summed E-state index contributed by atoms with van der Waals surface area (Å²) in [7, 11) is 1.56. The molecular weight excluding hydrogens is 426 g/mol. The predicted octanol–water partition coefficient (Wildman–Crippen LogP) is 3.65. The number of non-ortho nitro benzene ring substituents is 1. The summed E-state index contributed by atoms with van der Waals surface area (Å²) in [6.45, 7) is 0. The lowest BCUT2D eigenvalue weighted by atomic mass is 9.90. The van der Waals surface area contributed by atoms with Crippen LogP contribution in [0.1, 0.15) is 11.6 Å². The van der Waals surface area contributed by atoms with Gasteiger partial charge in [0.1, 0.15) is 11.7 Å². The molecule has 2 aliphatic rings. The number of carbonyl (C=O) groups is 2. The Morgan fingerprint density at radius 1 is 0.909 bits per heavy atom. The normalized spacial score (nSPS) is 21.9. The molecule has 0 N–H and O–H groups in total. The molecule has 0 spiro atoms. The van der Waals surface area contributed by atoms with Gasteiger partial charge in [0.25, 0.3) is 11.6 Å². The Balaban J connectivity index is 1.56. The summed E-state index contributed by atoms with van der Waals surface area (Å²) >= 11 is 0. The van der Waals surface area contributed by atoms with Gasteiger partial charge < -0.3 is 4.74 Å². The molecular formula is C24H19N3O6. The number of hydrogen-bond donors (Lipinski definition) is 0. The average Bonchev–Trinajstić information content (AvgIpc) is 3.35. The molecule has 3 atom stereocenters. The lowest BCUT2D eigenvalue weighted by molar-refractivity contribution is -0.384. The van der Waals surface area contributed by atoms with Gasteiger partial charge >= 0.3 is 0 Å². The quantitative estimate of drug-likeness (QED) is 0.336. The summed E-state index contributed by atoms with van der Waals surface area (Å²) in [5, 5.41) is 12.6. The van der Waals surface area contributed by atoms with Gasteiger partial charge in [0.05, 0.1) is 29.4 Å². The van der Waals surface area contributed by atoms with Gasteiger partial charge in [0, 0.05) is 12.1 Å². The molecule has 0 unspecified atom stereocenters. The van der Waals surface area contributed by atoms with E-state index in [1.807, 2.05) is 48.5 Å². The van der Waals surface area contributed by atoms with Gasteiger partial charge in [-0.2, -0.15) is 0 Å². The maximum atomic E-state index is 13.6. The summed E-state index contributed by atoms with van der Waals surface area (Å²) in [4.78, 5) is 44.4. The van der Waals surface area contributed by atoms with Gasteiger partial charge in [-0.15, -0.1) is 0 Å². The first kappa shape index (κ1) is 20.7. The highest BCUT2D eigenvalue weighted by Crippen LogP contribution is 2.48. The van der Waals surface area contributed by atoms with E-state index in [1.165, 1.54) is 24.3 Å². The van der Waals surface area contributed by atoms with Crippen LogP contribution in [-0.2, 0) is 14.4 Å². The molecule has 0 saturated carbocycles. The SMILES string of the molecule is COc1cccc([C@@H]2[C@@H]3C(=O)N(c4ccc([N+](=O)[O-])cc4)C(=O)[C@H]3ON2c2ccccc2)c1. The molecule has 2 fully saturated rings. The molecule has 5 rings (SSSR count). The van der Waals surface area contributed by atoms with Crippen molar-refractivity contribution in [3.63, 3.8) is 0 Å². The Bertz CT molecular complexity index is 1230. The van der Waals surface area contributed by atoms with Crippen molar-refractivity contribution in [1.82, 2.24) is 0 Å². The smallest absolute Gasteiger partial charge is 0.269 e. The largest absolute Gasteiger partial charge is 0.497 e. The molecule has 2 aliphatic heterocycles. The second kappa shape index (κ2) is 8.03. The predicted molar refractivity (Wildman–Crippen MR) is 119 cm³/mol. The second-order valence-electron chi connectivity index (χ2n) is 7.72. The highest BCUT2D eigenvalue weighted by molar-refractivity contribution is 6.24. The minimum Gasteiger partial charge on any atom is -0.497 e. The van der Waals surface area contributed by atoms with Crippen molar-refractivity contribution in [2.24, 2.45) is 5.92 Å². The van der Waals surface area contributed by atoms with Crippen LogP contribution in [0.2, 0.25) is 0 Å². The number of imide groups is 1. The Labute approximate surface area is 188 Å². The summed E-state index contributed by atoms with van der Waals surface area (Å²) in [6, 6.07) is 21.3. The van der Waals surface area contributed by atoms with Crippen LogP contribution in [0, 0.1) is 16.0 Å². The van der Waals surface area contributed by atoms with Gasteiger partial charge in [-0.25, -0.2) is 9.96 Å². The van der Waals surface area contributed by atoms with Crippen LogP contribution in [0.4, 0.5) is 17.1 Å². The fraction of sp³-hybridized carbons (Fsp3) is 0.167. The Hall–Kier alpha value is -4.24. The standard InChI is InChI=1S/C24H19N3O6/c1-32-19-9-5-6-15(14-19)21-20-22(33-26(21)17-7-3-2-4-8-17)24(29)25(23(20)28)16-10-12-18(13-11-16)27(30)31/h2-14,20-22H,1H3/t20-,21+,22-/m0/s1. The molecule has 3 aromatic rings. The van der Waals surface area contributed by atoms with E-state index in [-0.39, 0.29) is 11.4 Å². The summed E-state index contributed by atoms with van der Waals surface area (Å²) in [5.74, 6) is -1.12. The maximum Gasteiger partial charge on any atom is 0.269 e. The van der Waals surface area contributed by atoms with Crippen LogP contribution >= 0.6 is 0 Å². The van der Waals surface area contributed by atoms with Crippen LogP contribution in [-0.4, -0.2) is 30.0 Å². The van der Waals surface area contributed by atoms with Gasteiger partial charge in [-0.05, 0) is 42.0 Å². The molecule has 3 aromatic carbocycles. The summed E-state index contributed by atoms with van der Waals surface area (Å²) < 4.78 is 5.36. The van der Waals surface area contributed by atoms with E-state index >= 15 is 0 Å². The Morgan fingerprint density at radius 2 is 1.64 bits per heavy atom. The zero-order valence-corrected chi connectivity index (χ0v) is 17.5. The molecule has 33 heavy (non-hydrogen) atoms. The number of ether oxygens (including phenoxy) is 1. The number of amides is 2. The van der Waals surface area contributed by atoms with Gasteiger partial charge in [0.2, 0.25) is 5.91 Å². The maximum absolute atomic E-state index is 13.6. The van der Waals surface area contributed by atoms with Crippen LogP contribution in [0.3, 0.4) is 0 Å². The molecule has 0 aliphatic carbocycles. The van der Waals surface area contributed by atoms with Crippen LogP contribution in [0.25, 0.3) is 0 Å². The number of nitro groups is 1. The van der Waals surface area contributed by atoms with Crippen molar-refractivity contribution >= 4 is 28.9 Å². The number of methoxy groups -OCH3 is 1. The van der Waals surface area contributed by atoms with Crippen molar-refractivity contribution in [3.05, 3.63) is 94.5 Å². The van der Waals surface area contributed by atoms with Crippen LogP contribution in [0.5, 0.6) is 5.75 Å². The van der Waals surface area contributed by atoms with Crippen LogP contribution < -0.4 is 14.7 Å². The lowest BCUT2D eigenvalue weighted by Crippen LogP contribution is -2.37. The number of hydrogen-bond acceptors (Lipinski definition) is 7. The third kappa shape index (κ3) is 3.39. The number of benzene rings is 3. The minimum atomic E-state index is -1.02. The molecule has 9 nitrogen and oxygen atoms in total. The number of nitro benzene ring substituents is 1. The average molecular weight is 445 g/mol. The molecule has 2 saturated heterocycles. The second-order valence-corrected chi connectivity index (χ2v) is 7.72. The third-order valence-corrected chi connectivity index (χ3v) is 5.88. The number of anilines is 2. The van der Waals surface area contributed by atoms with Crippen molar-refractivity contribution in [3.8, 4) is 5.75 Å². The first-order chi connectivity index (χ1) is 16.0. The highest BCUT2D eigenvalue weighted by Gasteiger charge is 2.60. The molecule has 166 valence electrons. The van der Waals surface area contributed by atoms with E-state index in [0.717, 1.165) is 10.5 Å². The van der Waals surface area contributed by atoms with Crippen LogP contribution in [0.15, 0.2) is 78.9 Å². The molecule has 0 bridgehead atoms. The zero-order valence-electron chi connectivity index (χ0n) is 17.5. The first-order valence-electron chi connectivity index (χ1n) is 10.3. The number of rotatable bonds is 5. The molecule has 0 aromatic heterocycles. The molecule has 9 heteroatoms. The number of para-hydroxylation sites is 1. The lowest BCUT2D eigenvalue weighted by Gasteiger charge is -2.29. The minimum absolute atomic E-state index is 0.126. The van der Waals surface area contributed by atoms with E-state index in [1.54, 1.807) is 18.2 Å². The van der Waals surface area contributed by atoms with E-state index in [2.05, 4.69) is 0 Å². The van der Waals surface area contributed by atoms with E-state index < -0.39 is 34.8 Å². The Morgan fingerprint density at radius 3 is 2.30 bits per heavy atom. The monoisotopic (exact) mass is 445 g/mol. The Kier molecular flexibility index (Phi) is 5.02. The number of nitrogens with zero attached hydrogens (tertiary/aromatic N) is 3. The fourth-order valence-corrected chi connectivity index (χ4v) is 4.36. The number of carbonyl (C=O) groups excluding carboxylic acids is 2. The molecule has 0 radical (unpaired) electrons. The van der Waals surface area contributed by atoms with E-state index in [0.29, 0.717) is 11.4 Å².